The van der Waals surface area contributed by atoms with Crippen LogP contribution in [0.15, 0.2) is 28.1 Å². The molecule has 1 aromatic rings. The molecule has 1 saturated carbocycles. The maximum Gasteiger partial charge on any atom is 0.416 e. The predicted octanol–water partition coefficient (Wildman–Crippen LogP) is 3.46. The Morgan fingerprint density at radius 1 is 1.23 bits per heavy atom. The molecule has 0 aliphatic heterocycles. The first-order valence-electron chi connectivity index (χ1n) is 8.03. The van der Waals surface area contributed by atoms with Gasteiger partial charge in [-0.15, -0.1) is 24.0 Å². The van der Waals surface area contributed by atoms with Gasteiger partial charge in [-0.2, -0.15) is 13.2 Å². The number of aliphatic imine (C=N–C) groups is 1. The summed E-state index contributed by atoms with van der Waals surface area (Å²) in [6.07, 6.45) is 1.61. The first kappa shape index (κ1) is 23.0. The third-order valence-corrected chi connectivity index (χ3v) is 5.20. The molecule has 0 aromatic heterocycles. The number of guanidine groups is 1. The summed E-state index contributed by atoms with van der Waals surface area (Å²) in [6.45, 7) is -0.127. The molecule has 0 radical (unpaired) electrons. The van der Waals surface area contributed by atoms with Crippen molar-refractivity contribution in [2.24, 2.45) is 10.7 Å². The van der Waals surface area contributed by atoms with Gasteiger partial charge in [0.2, 0.25) is 0 Å². The van der Waals surface area contributed by atoms with Crippen LogP contribution in [0.25, 0.3) is 0 Å². The van der Waals surface area contributed by atoms with E-state index in [1.807, 2.05) is 0 Å². The predicted molar refractivity (Wildman–Crippen MR) is 105 cm³/mol. The zero-order valence-electron chi connectivity index (χ0n) is 14.3. The van der Waals surface area contributed by atoms with Crippen LogP contribution in [0.2, 0.25) is 0 Å². The first-order valence-corrected chi connectivity index (χ1v) is 9.92. The van der Waals surface area contributed by atoms with E-state index in [9.17, 15) is 21.6 Å². The van der Waals surface area contributed by atoms with E-state index in [4.69, 9.17) is 5.73 Å². The van der Waals surface area contributed by atoms with Crippen LogP contribution in [0.3, 0.4) is 0 Å². The lowest BCUT2D eigenvalue weighted by molar-refractivity contribution is -0.137. The molecule has 5 nitrogen and oxygen atoms in total. The van der Waals surface area contributed by atoms with Gasteiger partial charge in [0.05, 0.1) is 17.0 Å². The second kappa shape index (κ2) is 9.25. The van der Waals surface area contributed by atoms with Crippen molar-refractivity contribution in [1.29, 1.82) is 0 Å². The van der Waals surface area contributed by atoms with Crippen molar-refractivity contribution >= 4 is 39.8 Å². The molecule has 10 heteroatoms. The van der Waals surface area contributed by atoms with Gasteiger partial charge in [0.15, 0.2) is 15.8 Å². The fourth-order valence-electron chi connectivity index (χ4n) is 2.81. The van der Waals surface area contributed by atoms with Crippen LogP contribution in [-0.4, -0.2) is 26.7 Å². The van der Waals surface area contributed by atoms with Crippen molar-refractivity contribution in [3.63, 3.8) is 0 Å². The molecule has 0 spiro atoms. The summed E-state index contributed by atoms with van der Waals surface area (Å²) < 4.78 is 62.2. The average Bonchev–Trinajstić information content (AvgIpc) is 2.52. The molecule has 1 fully saturated rings. The molecule has 0 amide bonds. The number of halogens is 4. The number of sulfone groups is 1. The van der Waals surface area contributed by atoms with Gasteiger partial charge in [0.1, 0.15) is 0 Å². The zero-order valence-corrected chi connectivity index (χ0v) is 17.5. The highest BCUT2D eigenvalue weighted by molar-refractivity contribution is 14.0. The summed E-state index contributed by atoms with van der Waals surface area (Å²) >= 11 is 0. The Bertz CT molecular complexity index is 746. The summed E-state index contributed by atoms with van der Waals surface area (Å²) in [5, 5.41) is 3.07. The molecule has 0 heterocycles. The largest absolute Gasteiger partial charge is 0.416 e. The van der Waals surface area contributed by atoms with Gasteiger partial charge in [0, 0.05) is 12.3 Å². The Morgan fingerprint density at radius 3 is 2.38 bits per heavy atom. The summed E-state index contributed by atoms with van der Waals surface area (Å²) in [5.74, 6) is 0.158. The lowest BCUT2D eigenvalue weighted by atomic mass is 9.96. The van der Waals surface area contributed by atoms with E-state index in [0.29, 0.717) is 6.07 Å². The van der Waals surface area contributed by atoms with Crippen LogP contribution in [-0.2, 0) is 22.6 Å². The third kappa shape index (κ3) is 6.93. The molecule has 1 aliphatic rings. The van der Waals surface area contributed by atoms with Crippen molar-refractivity contribution in [1.82, 2.24) is 5.32 Å². The molecule has 0 saturated heterocycles. The Morgan fingerprint density at radius 2 is 1.85 bits per heavy atom. The zero-order chi connectivity index (χ0) is 18.7. The van der Waals surface area contributed by atoms with Crippen LogP contribution < -0.4 is 11.1 Å². The van der Waals surface area contributed by atoms with Crippen molar-refractivity contribution in [2.75, 3.05) is 6.26 Å². The number of alkyl halides is 3. The molecule has 0 bridgehead atoms. The SMILES string of the molecule is CS(=O)(=O)c1cc(CN=C(N)NC2CCCCC2)cc(C(F)(F)F)c1.I. The maximum absolute atomic E-state index is 13.0. The summed E-state index contributed by atoms with van der Waals surface area (Å²) in [5.41, 5.74) is 4.93. The van der Waals surface area contributed by atoms with E-state index in [-0.39, 0.29) is 53.0 Å². The van der Waals surface area contributed by atoms with E-state index in [2.05, 4.69) is 10.3 Å². The van der Waals surface area contributed by atoms with Crippen LogP contribution in [0.4, 0.5) is 13.2 Å². The quantitative estimate of drug-likeness (QED) is 0.373. The highest BCUT2D eigenvalue weighted by atomic mass is 127. The van der Waals surface area contributed by atoms with Gasteiger partial charge >= 0.3 is 6.18 Å². The van der Waals surface area contributed by atoms with Crippen molar-refractivity contribution in [2.45, 2.75) is 55.8 Å². The first-order chi connectivity index (χ1) is 11.6. The third-order valence-electron chi connectivity index (χ3n) is 4.11. The van der Waals surface area contributed by atoms with Crippen LogP contribution in [0.1, 0.15) is 43.2 Å². The van der Waals surface area contributed by atoms with E-state index >= 15 is 0 Å². The van der Waals surface area contributed by atoms with Crippen molar-refractivity contribution < 1.29 is 21.6 Å². The number of nitrogens with one attached hydrogen (secondary N) is 1. The molecule has 2 rings (SSSR count). The van der Waals surface area contributed by atoms with Crippen molar-refractivity contribution in [3.8, 4) is 0 Å². The molecule has 1 aliphatic carbocycles. The molecular formula is C16H23F3IN3O2S. The number of nitrogens with two attached hydrogens (primary N) is 1. The Hall–Kier alpha value is -1.04. The Kier molecular flexibility index (Phi) is 8.18. The molecular weight excluding hydrogens is 482 g/mol. The maximum atomic E-state index is 13.0. The Labute approximate surface area is 168 Å². The molecule has 3 N–H and O–H groups in total. The van der Waals surface area contributed by atoms with E-state index in [1.54, 1.807) is 0 Å². The number of hydrogen-bond donors (Lipinski definition) is 2. The molecule has 0 unspecified atom stereocenters. The number of benzene rings is 1. The minimum atomic E-state index is -4.63. The summed E-state index contributed by atoms with van der Waals surface area (Å²) in [7, 11) is -3.76. The second-order valence-corrected chi connectivity index (χ2v) is 8.33. The fraction of sp³-hybridized carbons (Fsp3) is 0.562. The average molecular weight is 505 g/mol. The monoisotopic (exact) mass is 505 g/mol. The fourth-order valence-corrected chi connectivity index (χ4v) is 3.51. The van der Waals surface area contributed by atoms with Gasteiger partial charge in [-0.3, -0.25) is 0 Å². The summed E-state index contributed by atoms with van der Waals surface area (Å²) in [4.78, 5) is 3.67. The van der Waals surface area contributed by atoms with Crippen LogP contribution in [0, 0.1) is 0 Å². The second-order valence-electron chi connectivity index (χ2n) is 6.32. The topological polar surface area (TPSA) is 84.5 Å². The lowest BCUT2D eigenvalue weighted by Gasteiger charge is -2.23. The van der Waals surface area contributed by atoms with Gasteiger partial charge in [0.25, 0.3) is 0 Å². The number of hydrogen-bond acceptors (Lipinski definition) is 3. The summed E-state index contributed by atoms with van der Waals surface area (Å²) in [6, 6.07) is 2.95. The highest BCUT2D eigenvalue weighted by Crippen LogP contribution is 2.32. The van der Waals surface area contributed by atoms with Gasteiger partial charge in [-0.1, -0.05) is 19.3 Å². The standard InChI is InChI=1S/C16H22F3N3O2S.HI/c1-25(23,24)14-8-11(7-12(9-14)16(17,18)19)10-21-15(20)22-13-5-3-2-4-6-13;/h7-9,13H,2-6,10H2,1H3,(H3,20,21,22);1H. The van der Waals surface area contributed by atoms with Gasteiger partial charge in [-0.25, -0.2) is 13.4 Å². The normalized spacial score (nSPS) is 16.8. The van der Waals surface area contributed by atoms with E-state index in [1.165, 1.54) is 12.5 Å². The number of rotatable bonds is 4. The van der Waals surface area contributed by atoms with Crippen LogP contribution in [0.5, 0.6) is 0 Å². The van der Waals surface area contributed by atoms with Crippen molar-refractivity contribution in [3.05, 3.63) is 29.3 Å². The van der Waals surface area contributed by atoms with Gasteiger partial charge < -0.3 is 11.1 Å². The Balaban J connectivity index is 0.00000338. The highest BCUT2D eigenvalue weighted by Gasteiger charge is 2.32. The molecule has 0 atom stereocenters. The number of nitrogens with zero attached hydrogens (tertiary/aromatic N) is 1. The molecule has 148 valence electrons. The molecule has 1 aromatic carbocycles. The smallest absolute Gasteiger partial charge is 0.370 e. The minimum Gasteiger partial charge on any atom is -0.370 e. The van der Waals surface area contributed by atoms with Gasteiger partial charge in [-0.05, 0) is 36.6 Å². The van der Waals surface area contributed by atoms with E-state index < -0.39 is 21.6 Å². The van der Waals surface area contributed by atoms with Crippen LogP contribution >= 0.6 is 24.0 Å². The molecule has 26 heavy (non-hydrogen) atoms. The van der Waals surface area contributed by atoms with E-state index in [0.717, 1.165) is 38.0 Å². The minimum absolute atomic E-state index is 0. The lowest BCUT2D eigenvalue weighted by Crippen LogP contribution is -2.41.